The Morgan fingerprint density at radius 1 is 1.39 bits per heavy atom. The second kappa shape index (κ2) is 9.47. The van der Waals surface area contributed by atoms with Gasteiger partial charge in [0.05, 0.1) is 6.61 Å². The zero-order valence-electron chi connectivity index (χ0n) is 10.7. The molecule has 0 heterocycles. The van der Waals surface area contributed by atoms with Crippen LogP contribution in [-0.4, -0.2) is 41.7 Å². The van der Waals surface area contributed by atoms with E-state index in [1.807, 2.05) is 5.32 Å². The second-order valence-corrected chi connectivity index (χ2v) is 5.66. The highest BCUT2D eigenvalue weighted by atomic mass is 31.2. The lowest BCUT2D eigenvalue weighted by Crippen LogP contribution is -2.25. The summed E-state index contributed by atoms with van der Waals surface area (Å²) in [6.45, 7) is 0.326. The zero-order valence-corrected chi connectivity index (χ0v) is 11.6. The summed E-state index contributed by atoms with van der Waals surface area (Å²) in [7, 11) is -3.18. The van der Waals surface area contributed by atoms with Gasteiger partial charge in [-0.3, -0.25) is 4.79 Å². The van der Waals surface area contributed by atoms with E-state index < -0.39 is 13.2 Å². The van der Waals surface area contributed by atoms with Crippen LogP contribution in [0.2, 0.25) is 0 Å². The van der Waals surface area contributed by atoms with Crippen molar-refractivity contribution >= 4 is 13.2 Å². The number of methoxy groups -OCH3 is 1. The van der Waals surface area contributed by atoms with Gasteiger partial charge in [-0.15, -0.1) is 0 Å². The van der Waals surface area contributed by atoms with Crippen molar-refractivity contribution in [1.29, 1.82) is 0 Å². The average molecular weight is 282 g/mol. The molecule has 1 aliphatic carbocycles. The number of rotatable bonds is 4. The number of nitrogens with one attached hydrogen (secondary N) is 1. The summed E-state index contributed by atoms with van der Waals surface area (Å²) in [4.78, 5) is 26.9. The molecule has 0 unspecified atom stereocenters. The molecule has 18 heavy (non-hydrogen) atoms. The van der Waals surface area contributed by atoms with Gasteiger partial charge in [-0.1, -0.05) is 19.3 Å². The van der Waals surface area contributed by atoms with Crippen LogP contribution in [0, 0.1) is 0 Å². The first-order chi connectivity index (χ1) is 8.38. The van der Waals surface area contributed by atoms with Crippen molar-refractivity contribution in [3.05, 3.63) is 0 Å². The maximum atomic E-state index is 10.4. The van der Waals surface area contributed by atoms with Crippen molar-refractivity contribution in [2.45, 2.75) is 38.1 Å². The standard InChI is InChI=1S/C6H13N.C4H10NO5P/c7-6-4-2-1-3-5-6;1-10-3-2-5-4(6)11(7,8)9/h6H,1-5,7H2;2-3H2,1H3,(H,5,6)(H2,7,8,9). The maximum Gasteiger partial charge on any atom is 0.413 e. The van der Waals surface area contributed by atoms with E-state index in [0.29, 0.717) is 6.04 Å². The lowest BCUT2D eigenvalue weighted by molar-refractivity contribution is 0.198. The van der Waals surface area contributed by atoms with Gasteiger partial charge in [0.1, 0.15) is 0 Å². The Labute approximate surface area is 107 Å². The van der Waals surface area contributed by atoms with Gasteiger partial charge in [-0.25, -0.2) is 4.57 Å². The summed E-state index contributed by atoms with van der Waals surface area (Å²) in [5.41, 5.74) is 4.37. The Morgan fingerprint density at radius 3 is 2.28 bits per heavy atom. The second-order valence-electron chi connectivity index (χ2n) is 4.17. The smallest absolute Gasteiger partial charge is 0.383 e. The molecule has 8 heteroatoms. The lowest BCUT2D eigenvalue weighted by Gasteiger charge is -2.15. The number of nitrogens with two attached hydrogens (primary N) is 1. The van der Waals surface area contributed by atoms with Gasteiger partial charge in [-0.05, 0) is 12.8 Å². The zero-order chi connectivity index (χ0) is 14.0. The highest BCUT2D eigenvalue weighted by molar-refractivity contribution is 7.69. The van der Waals surface area contributed by atoms with E-state index in [1.54, 1.807) is 0 Å². The monoisotopic (exact) mass is 282 g/mol. The van der Waals surface area contributed by atoms with Crippen LogP contribution in [0.4, 0.5) is 4.79 Å². The minimum atomic E-state index is -4.60. The first-order valence-corrected chi connectivity index (χ1v) is 7.57. The molecule has 0 bridgehead atoms. The average Bonchev–Trinajstić information content (AvgIpc) is 2.30. The van der Waals surface area contributed by atoms with Gasteiger partial charge >= 0.3 is 13.2 Å². The van der Waals surface area contributed by atoms with Crippen LogP contribution in [0.5, 0.6) is 0 Å². The van der Waals surface area contributed by atoms with E-state index in [2.05, 4.69) is 4.74 Å². The molecule has 1 rings (SSSR count). The third-order valence-electron chi connectivity index (χ3n) is 2.50. The number of carbonyl (C=O) groups excluding carboxylic acids is 1. The molecule has 1 amide bonds. The van der Waals surface area contributed by atoms with Crippen LogP contribution in [0.25, 0.3) is 0 Å². The van der Waals surface area contributed by atoms with E-state index >= 15 is 0 Å². The van der Waals surface area contributed by atoms with Gasteiger partial charge in [-0.2, -0.15) is 0 Å². The third kappa shape index (κ3) is 9.56. The molecule has 108 valence electrons. The Balaban J connectivity index is 0.000000351. The summed E-state index contributed by atoms with van der Waals surface area (Å²) >= 11 is 0. The first-order valence-electron chi connectivity index (χ1n) is 5.96. The SMILES string of the molecule is COCCNC(=O)P(=O)(O)O.NC1CCCCC1. The highest BCUT2D eigenvalue weighted by Crippen LogP contribution is 2.34. The van der Waals surface area contributed by atoms with Gasteiger partial charge < -0.3 is 25.6 Å². The summed E-state index contributed by atoms with van der Waals surface area (Å²) in [6.07, 6.45) is 6.66. The van der Waals surface area contributed by atoms with Gasteiger partial charge in [0.25, 0.3) is 0 Å². The molecule has 1 saturated carbocycles. The van der Waals surface area contributed by atoms with E-state index in [0.717, 1.165) is 0 Å². The van der Waals surface area contributed by atoms with E-state index in [1.165, 1.54) is 39.2 Å². The Morgan fingerprint density at radius 2 is 1.94 bits per heavy atom. The molecular formula is C10H23N2O5P. The first kappa shape index (κ1) is 17.5. The molecule has 0 spiro atoms. The van der Waals surface area contributed by atoms with Crippen molar-refractivity contribution in [1.82, 2.24) is 5.32 Å². The highest BCUT2D eigenvalue weighted by Gasteiger charge is 2.24. The number of carbonyl (C=O) groups is 1. The molecule has 0 aliphatic heterocycles. The van der Waals surface area contributed by atoms with Crippen molar-refractivity contribution < 1.29 is 23.9 Å². The van der Waals surface area contributed by atoms with Crippen LogP contribution < -0.4 is 11.1 Å². The van der Waals surface area contributed by atoms with E-state index in [-0.39, 0.29) is 13.2 Å². The molecular weight excluding hydrogens is 259 g/mol. The van der Waals surface area contributed by atoms with Crippen molar-refractivity contribution in [2.24, 2.45) is 5.73 Å². The molecule has 0 saturated heterocycles. The topological polar surface area (TPSA) is 122 Å². The van der Waals surface area contributed by atoms with E-state index in [4.69, 9.17) is 15.5 Å². The minimum absolute atomic E-state index is 0.0977. The van der Waals surface area contributed by atoms with Crippen LogP contribution >= 0.6 is 7.60 Å². The Kier molecular flexibility index (Phi) is 9.23. The number of hydrogen-bond acceptors (Lipinski definition) is 4. The van der Waals surface area contributed by atoms with Crippen LogP contribution in [0.15, 0.2) is 0 Å². The van der Waals surface area contributed by atoms with Crippen molar-refractivity contribution in [3.63, 3.8) is 0 Å². The molecule has 7 nitrogen and oxygen atoms in total. The molecule has 0 aromatic rings. The molecule has 0 aromatic heterocycles. The summed E-state index contributed by atoms with van der Waals surface area (Å²) in [5, 5.41) is 2.00. The molecule has 0 atom stereocenters. The Hall–Kier alpha value is -0.460. The normalized spacial score (nSPS) is 16.7. The molecule has 1 aliphatic rings. The third-order valence-corrected chi connectivity index (χ3v) is 3.18. The van der Waals surface area contributed by atoms with Crippen molar-refractivity contribution in [3.8, 4) is 0 Å². The lowest BCUT2D eigenvalue weighted by atomic mass is 9.97. The Bertz CT molecular complexity index is 275. The largest absolute Gasteiger partial charge is 0.413 e. The number of hydrogen-bond donors (Lipinski definition) is 4. The number of amides is 1. The molecule has 0 radical (unpaired) electrons. The molecule has 1 fully saturated rings. The van der Waals surface area contributed by atoms with Gasteiger partial charge in [0.15, 0.2) is 0 Å². The summed E-state index contributed by atoms with van der Waals surface area (Å²) in [5.74, 6) is 0. The molecule has 5 N–H and O–H groups in total. The van der Waals surface area contributed by atoms with Crippen LogP contribution in [0.1, 0.15) is 32.1 Å². The van der Waals surface area contributed by atoms with Crippen molar-refractivity contribution in [2.75, 3.05) is 20.3 Å². The fourth-order valence-corrected chi connectivity index (χ4v) is 1.81. The van der Waals surface area contributed by atoms with E-state index in [9.17, 15) is 9.36 Å². The minimum Gasteiger partial charge on any atom is -0.383 e. The fraction of sp³-hybridized carbons (Fsp3) is 0.900. The molecule has 0 aromatic carbocycles. The fourth-order valence-electron chi connectivity index (χ4n) is 1.50. The quantitative estimate of drug-likeness (QED) is 0.447. The number of ether oxygens (including phenoxy) is 1. The maximum absolute atomic E-state index is 10.4. The summed E-state index contributed by atoms with van der Waals surface area (Å²) in [6, 6.07) is 0.536. The van der Waals surface area contributed by atoms with Gasteiger partial charge in [0, 0.05) is 19.7 Å². The predicted molar refractivity (Wildman–Crippen MR) is 68.4 cm³/mol. The van der Waals surface area contributed by atoms with Crippen LogP contribution in [-0.2, 0) is 9.30 Å². The predicted octanol–water partition coefficient (Wildman–Crippen LogP) is 0.798. The van der Waals surface area contributed by atoms with Gasteiger partial charge in [0.2, 0.25) is 0 Å². The van der Waals surface area contributed by atoms with Crippen LogP contribution in [0.3, 0.4) is 0 Å². The summed E-state index contributed by atoms with van der Waals surface area (Å²) < 4.78 is 14.7.